The molecule has 2 heterocycles. The molecule has 1 saturated carbocycles. The lowest BCUT2D eigenvalue weighted by atomic mass is 10.1. The second-order valence-electron chi connectivity index (χ2n) is 6.30. The van der Waals surface area contributed by atoms with Crippen molar-refractivity contribution in [3.63, 3.8) is 0 Å². The van der Waals surface area contributed by atoms with Crippen molar-refractivity contribution in [2.45, 2.75) is 36.1 Å². The average molecular weight is 386 g/mol. The summed E-state index contributed by atoms with van der Waals surface area (Å²) in [6.07, 6.45) is 2.26. The third-order valence-electron chi connectivity index (χ3n) is 4.45. The molecule has 134 valence electrons. The summed E-state index contributed by atoms with van der Waals surface area (Å²) in [6, 6.07) is 9.44. The Morgan fingerprint density at radius 1 is 1.35 bits per heavy atom. The van der Waals surface area contributed by atoms with E-state index in [0.717, 1.165) is 34.3 Å². The highest BCUT2D eigenvalue weighted by Gasteiger charge is 2.29. The van der Waals surface area contributed by atoms with E-state index in [4.69, 9.17) is 9.72 Å². The Bertz CT molecular complexity index is 1020. The Hall–Kier alpha value is -2.12. The van der Waals surface area contributed by atoms with Gasteiger partial charge in [-0.25, -0.2) is 4.98 Å². The van der Waals surface area contributed by atoms with Gasteiger partial charge in [-0.05, 0) is 48.8 Å². The molecule has 1 atom stereocenters. The lowest BCUT2D eigenvalue weighted by Gasteiger charge is -2.14. The second kappa shape index (κ2) is 6.89. The molecule has 0 aliphatic heterocycles. The van der Waals surface area contributed by atoms with Crippen molar-refractivity contribution >= 4 is 39.3 Å². The number of hydrogen-bond donors (Lipinski definition) is 0. The van der Waals surface area contributed by atoms with Crippen LogP contribution in [0.1, 0.15) is 31.2 Å². The molecule has 1 aliphatic carbocycles. The summed E-state index contributed by atoms with van der Waals surface area (Å²) in [6.45, 7) is 1.76. The van der Waals surface area contributed by atoms with Crippen LogP contribution in [0.3, 0.4) is 0 Å². The van der Waals surface area contributed by atoms with E-state index in [1.165, 1.54) is 30.2 Å². The van der Waals surface area contributed by atoms with Gasteiger partial charge in [0.2, 0.25) is 0 Å². The summed E-state index contributed by atoms with van der Waals surface area (Å²) in [5.74, 6) is 0.142. The molecule has 26 heavy (non-hydrogen) atoms. The van der Waals surface area contributed by atoms with E-state index in [1.807, 2.05) is 30.3 Å². The molecule has 0 radical (unpaired) electrons. The van der Waals surface area contributed by atoms with Crippen LogP contribution in [-0.4, -0.2) is 27.9 Å². The molecule has 0 bridgehead atoms. The van der Waals surface area contributed by atoms with Gasteiger partial charge >= 0.3 is 5.97 Å². The van der Waals surface area contributed by atoms with E-state index in [-0.39, 0.29) is 11.5 Å². The Morgan fingerprint density at radius 3 is 2.73 bits per heavy atom. The second-order valence-corrected chi connectivity index (χ2v) is 8.47. The average Bonchev–Trinajstić information content (AvgIpc) is 3.41. The van der Waals surface area contributed by atoms with Crippen LogP contribution in [0, 0.1) is 0 Å². The first-order valence-electron chi connectivity index (χ1n) is 8.44. The molecule has 2 aromatic heterocycles. The van der Waals surface area contributed by atoms with Gasteiger partial charge in [0.05, 0.1) is 18.2 Å². The monoisotopic (exact) mass is 386 g/mol. The standard InChI is InChI=1S/C19H18N2O3S2/c1-11(18(23)24-2)26-19-20-16-15(14(10-25-16)12-8-9-12)17(22)21(19)13-6-4-3-5-7-13/h3-7,10-12H,8-9H2,1-2H3. The molecule has 0 N–H and O–H groups in total. The van der Waals surface area contributed by atoms with E-state index in [1.54, 1.807) is 11.5 Å². The number of fused-ring (bicyclic) bond motifs is 1. The molecule has 1 aromatic carbocycles. The first-order chi connectivity index (χ1) is 12.6. The quantitative estimate of drug-likeness (QED) is 0.377. The summed E-state index contributed by atoms with van der Waals surface area (Å²) in [4.78, 5) is 30.7. The number of benzene rings is 1. The SMILES string of the molecule is COC(=O)C(C)Sc1nc2scc(C3CC3)c2c(=O)n1-c1ccccc1. The molecule has 0 saturated heterocycles. The molecule has 0 spiro atoms. The van der Waals surface area contributed by atoms with Gasteiger partial charge in [-0.3, -0.25) is 14.2 Å². The van der Waals surface area contributed by atoms with Crippen molar-refractivity contribution in [2.24, 2.45) is 0 Å². The highest BCUT2D eigenvalue weighted by atomic mass is 32.2. The zero-order valence-corrected chi connectivity index (χ0v) is 16.1. The van der Waals surface area contributed by atoms with Gasteiger partial charge in [-0.1, -0.05) is 30.0 Å². The Labute approximate surface area is 159 Å². The van der Waals surface area contributed by atoms with Gasteiger partial charge in [-0.2, -0.15) is 0 Å². The lowest BCUT2D eigenvalue weighted by Crippen LogP contribution is -2.24. The summed E-state index contributed by atoms with van der Waals surface area (Å²) >= 11 is 2.75. The summed E-state index contributed by atoms with van der Waals surface area (Å²) < 4.78 is 6.44. The number of aromatic nitrogens is 2. The maximum Gasteiger partial charge on any atom is 0.318 e. The predicted molar refractivity (Wildman–Crippen MR) is 105 cm³/mol. The Kier molecular flexibility index (Phi) is 4.58. The third-order valence-corrected chi connectivity index (χ3v) is 6.37. The zero-order chi connectivity index (χ0) is 18.3. The molecule has 1 fully saturated rings. The van der Waals surface area contributed by atoms with Crippen molar-refractivity contribution in [3.8, 4) is 5.69 Å². The van der Waals surface area contributed by atoms with Crippen LogP contribution in [0.15, 0.2) is 45.7 Å². The summed E-state index contributed by atoms with van der Waals surface area (Å²) in [5, 5.41) is 2.83. The number of nitrogens with zero attached hydrogens (tertiary/aromatic N) is 2. The number of hydrogen-bond acceptors (Lipinski definition) is 6. The fraction of sp³-hybridized carbons (Fsp3) is 0.316. The van der Waals surface area contributed by atoms with E-state index in [9.17, 15) is 9.59 Å². The maximum atomic E-state index is 13.4. The number of thioether (sulfide) groups is 1. The predicted octanol–water partition coefficient (Wildman–Crippen LogP) is 3.98. The number of para-hydroxylation sites is 1. The smallest absolute Gasteiger partial charge is 0.318 e. The van der Waals surface area contributed by atoms with Gasteiger partial charge in [0.15, 0.2) is 5.16 Å². The highest BCUT2D eigenvalue weighted by molar-refractivity contribution is 8.00. The first-order valence-corrected chi connectivity index (χ1v) is 10.2. The van der Waals surface area contributed by atoms with Gasteiger partial charge in [-0.15, -0.1) is 11.3 Å². The largest absolute Gasteiger partial charge is 0.468 e. The van der Waals surface area contributed by atoms with Crippen molar-refractivity contribution in [1.29, 1.82) is 0 Å². The van der Waals surface area contributed by atoms with Gasteiger partial charge in [0.25, 0.3) is 5.56 Å². The molecule has 0 amide bonds. The van der Waals surface area contributed by atoms with Gasteiger partial charge in [0, 0.05) is 0 Å². The van der Waals surface area contributed by atoms with Gasteiger partial charge in [0.1, 0.15) is 10.1 Å². The highest BCUT2D eigenvalue weighted by Crippen LogP contribution is 2.44. The third kappa shape index (κ3) is 3.05. The van der Waals surface area contributed by atoms with E-state index in [2.05, 4.69) is 5.38 Å². The molecule has 1 unspecified atom stereocenters. The number of ether oxygens (including phenoxy) is 1. The van der Waals surface area contributed by atoms with Crippen LogP contribution in [-0.2, 0) is 9.53 Å². The minimum Gasteiger partial charge on any atom is -0.468 e. The van der Waals surface area contributed by atoms with Gasteiger partial charge < -0.3 is 4.74 Å². The molecule has 5 nitrogen and oxygen atoms in total. The summed E-state index contributed by atoms with van der Waals surface area (Å²) in [5.41, 5.74) is 1.80. The number of esters is 1. The number of carbonyl (C=O) groups excluding carboxylic acids is 1. The molecular formula is C19H18N2O3S2. The van der Waals surface area contributed by atoms with Crippen molar-refractivity contribution in [2.75, 3.05) is 7.11 Å². The van der Waals surface area contributed by atoms with Crippen molar-refractivity contribution in [3.05, 3.63) is 51.6 Å². The molecule has 3 aromatic rings. The minimum absolute atomic E-state index is 0.0658. The lowest BCUT2D eigenvalue weighted by molar-refractivity contribution is -0.139. The number of methoxy groups -OCH3 is 1. The molecular weight excluding hydrogens is 368 g/mol. The number of rotatable bonds is 5. The molecule has 1 aliphatic rings. The molecule has 4 rings (SSSR count). The summed E-state index contributed by atoms with van der Waals surface area (Å²) in [7, 11) is 1.36. The topological polar surface area (TPSA) is 61.2 Å². The number of thiophene rings is 1. The van der Waals surface area contributed by atoms with Crippen LogP contribution in [0.5, 0.6) is 0 Å². The van der Waals surface area contributed by atoms with Crippen LogP contribution >= 0.6 is 23.1 Å². The number of carbonyl (C=O) groups is 1. The fourth-order valence-electron chi connectivity index (χ4n) is 2.94. The minimum atomic E-state index is -0.456. The normalized spacial score (nSPS) is 15.2. The van der Waals surface area contributed by atoms with Crippen LogP contribution in [0.4, 0.5) is 0 Å². The van der Waals surface area contributed by atoms with Crippen LogP contribution in [0.2, 0.25) is 0 Å². The van der Waals surface area contributed by atoms with E-state index in [0.29, 0.717) is 11.1 Å². The zero-order valence-electron chi connectivity index (χ0n) is 14.5. The van der Waals surface area contributed by atoms with Crippen molar-refractivity contribution < 1.29 is 9.53 Å². The first kappa shape index (κ1) is 17.3. The fourth-order valence-corrected chi connectivity index (χ4v) is 4.96. The Balaban J connectivity index is 1.92. The Morgan fingerprint density at radius 2 is 2.08 bits per heavy atom. The van der Waals surface area contributed by atoms with Crippen molar-refractivity contribution in [1.82, 2.24) is 9.55 Å². The van der Waals surface area contributed by atoms with E-state index < -0.39 is 5.25 Å². The maximum absolute atomic E-state index is 13.4. The van der Waals surface area contributed by atoms with Crippen LogP contribution in [0.25, 0.3) is 15.9 Å². The molecule has 7 heteroatoms. The van der Waals surface area contributed by atoms with E-state index >= 15 is 0 Å². The van der Waals surface area contributed by atoms with Crippen LogP contribution < -0.4 is 5.56 Å².